The van der Waals surface area contributed by atoms with Gasteiger partial charge in [0.05, 0.1) is 11.2 Å². The van der Waals surface area contributed by atoms with Crippen molar-refractivity contribution in [1.82, 2.24) is 9.88 Å². The quantitative estimate of drug-likeness (QED) is 0.595. The molecule has 3 heterocycles. The minimum Gasteiger partial charge on any atom is -0.441 e. The molecule has 0 saturated carbocycles. The molecular weight excluding hydrogens is 391 g/mol. The highest BCUT2D eigenvalue weighted by molar-refractivity contribution is 7.10. The van der Waals surface area contributed by atoms with Crippen molar-refractivity contribution in [2.24, 2.45) is 0 Å². The van der Waals surface area contributed by atoms with E-state index in [0.717, 1.165) is 18.5 Å². The van der Waals surface area contributed by atoms with E-state index >= 15 is 0 Å². The molecule has 1 aromatic carbocycles. The minimum atomic E-state index is 0.131. The molecule has 26 heavy (non-hydrogen) atoms. The van der Waals surface area contributed by atoms with Gasteiger partial charge in [0.15, 0.2) is 11.7 Å². The van der Waals surface area contributed by atoms with Gasteiger partial charge in [-0.3, -0.25) is 4.79 Å². The highest BCUT2D eigenvalue weighted by Gasteiger charge is 2.21. The fraction of sp³-hybridized carbons (Fsp3) is 0.263. The number of hydrogen-bond donors (Lipinski definition) is 0. The number of amides is 1. The summed E-state index contributed by atoms with van der Waals surface area (Å²) in [6.45, 7) is 1.48. The van der Waals surface area contributed by atoms with E-state index in [4.69, 9.17) is 27.6 Å². The minimum absolute atomic E-state index is 0.131. The van der Waals surface area contributed by atoms with Crippen molar-refractivity contribution in [3.8, 4) is 11.3 Å². The Morgan fingerprint density at radius 1 is 1.31 bits per heavy atom. The van der Waals surface area contributed by atoms with Crippen molar-refractivity contribution in [2.45, 2.75) is 25.8 Å². The predicted molar refractivity (Wildman–Crippen MR) is 104 cm³/mol. The Bertz CT molecular complexity index is 951. The highest BCUT2D eigenvalue weighted by Crippen LogP contribution is 2.31. The summed E-state index contributed by atoms with van der Waals surface area (Å²) < 4.78 is 5.76. The standard InChI is InChI=1S/C19H16Cl2N2O2S/c20-13-1-2-14(15(21)9-13)16-10-22-18(25-16)3-4-19(24)23-7-5-17-12(11-23)6-8-26-17/h1-2,6,8-10H,3-5,7,11H2. The molecule has 0 aliphatic carbocycles. The Balaban J connectivity index is 1.38. The summed E-state index contributed by atoms with van der Waals surface area (Å²) in [6, 6.07) is 7.32. The lowest BCUT2D eigenvalue weighted by molar-refractivity contribution is -0.132. The molecule has 1 amide bonds. The van der Waals surface area contributed by atoms with Gasteiger partial charge >= 0.3 is 0 Å². The number of benzene rings is 1. The van der Waals surface area contributed by atoms with E-state index < -0.39 is 0 Å². The maximum absolute atomic E-state index is 12.5. The largest absolute Gasteiger partial charge is 0.441 e. The summed E-state index contributed by atoms with van der Waals surface area (Å²) in [5.41, 5.74) is 2.01. The van der Waals surface area contributed by atoms with E-state index in [-0.39, 0.29) is 5.91 Å². The molecule has 1 aliphatic heterocycles. The van der Waals surface area contributed by atoms with Gasteiger partial charge in [-0.2, -0.15) is 0 Å². The lowest BCUT2D eigenvalue weighted by atomic mass is 10.1. The zero-order chi connectivity index (χ0) is 18.1. The van der Waals surface area contributed by atoms with Gasteiger partial charge in [0.25, 0.3) is 0 Å². The number of aryl methyl sites for hydroxylation is 1. The van der Waals surface area contributed by atoms with Crippen LogP contribution in [0.5, 0.6) is 0 Å². The van der Waals surface area contributed by atoms with Gasteiger partial charge < -0.3 is 9.32 Å². The fourth-order valence-electron chi connectivity index (χ4n) is 3.07. The maximum atomic E-state index is 12.5. The number of halogens is 2. The second-order valence-electron chi connectivity index (χ2n) is 6.18. The predicted octanol–water partition coefficient (Wildman–Crippen LogP) is 5.23. The number of carbonyl (C=O) groups excluding carboxylic acids is 1. The van der Waals surface area contributed by atoms with Gasteiger partial charge in [0.1, 0.15) is 0 Å². The first-order valence-electron chi connectivity index (χ1n) is 8.33. The summed E-state index contributed by atoms with van der Waals surface area (Å²) in [5, 5.41) is 3.17. The molecule has 3 aromatic rings. The Hall–Kier alpha value is -1.82. The number of nitrogens with zero attached hydrogens (tertiary/aromatic N) is 2. The summed E-state index contributed by atoms with van der Waals surface area (Å²) >= 11 is 13.9. The van der Waals surface area contributed by atoms with Crippen LogP contribution in [-0.2, 0) is 24.2 Å². The molecule has 4 nitrogen and oxygen atoms in total. The molecule has 0 radical (unpaired) electrons. The smallest absolute Gasteiger partial charge is 0.223 e. The van der Waals surface area contributed by atoms with Gasteiger partial charge in [0.2, 0.25) is 5.91 Å². The van der Waals surface area contributed by atoms with Crippen LogP contribution in [-0.4, -0.2) is 22.3 Å². The van der Waals surface area contributed by atoms with Gasteiger partial charge in [-0.25, -0.2) is 4.98 Å². The van der Waals surface area contributed by atoms with Crippen LogP contribution in [0.2, 0.25) is 10.0 Å². The lowest BCUT2D eigenvalue weighted by Gasteiger charge is -2.26. The third-order valence-electron chi connectivity index (χ3n) is 4.46. The van der Waals surface area contributed by atoms with E-state index in [1.807, 2.05) is 4.90 Å². The van der Waals surface area contributed by atoms with Crippen molar-refractivity contribution < 1.29 is 9.21 Å². The number of hydrogen-bond acceptors (Lipinski definition) is 4. The van der Waals surface area contributed by atoms with Crippen molar-refractivity contribution in [2.75, 3.05) is 6.54 Å². The van der Waals surface area contributed by atoms with Crippen LogP contribution in [0.25, 0.3) is 11.3 Å². The normalized spacial score (nSPS) is 13.7. The second-order valence-corrected chi connectivity index (χ2v) is 8.02. The summed E-state index contributed by atoms with van der Waals surface area (Å²) in [7, 11) is 0. The Morgan fingerprint density at radius 2 is 2.19 bits per heavy atom. The zero-order valence-corrected chi connectivity index (χ0v) is 16.2. The molecule has 0 fully saturated rings. The van der Waals surface area contributed by atoms with Crippen molar-refractivity contribution in [3.63, 3.8) is 0 Å². The summed E-state index contributed by atoms with van der Waals surface area (Å²) in [6.07, 6.45) is 3.43. The molecule has 7 heteroatoms. The third kappa shape index (κ3) is 3.65. The number of thiophene rings is 1. The fourth-order valence-corrected chi connectivity index (χ4v) is 4.46. The van der Waals surface area contributed by atoms with Crippen LogP contribution in [0.4, 0.5) is 0 Å². The number of oxazole rings is 1. The lowest BCUT2D eigenvalue weighted by Crippen LogP contribution is -2.35. The zero-order valence-electron chi connectivity index (χ0n) is 13.9. The number of aromatic nitrogens is 1. The van der Waals surface area contributed by atoms with Crippen molar-refractivity contribution in [1.29, 1.82) is 0 Å². The van der Waals surface area contributed by atoms with E-state index in [0.29, 0.717) is 41.1 Å². The van der Waals surface area contributed by atoms with E-state index in [9.17, 15) is 4.79 Å². The van der Waals surface area contributed by atoms with E-state index in [2.05, 4.69) is 16.4 Å². The number of fused-ring (bicyclic) bond motifs is 1. The SMILES string of the molecule is O=C(CCc1ncc(-c2ccc(Cl)cc2Cl)o1)N1CCc2sccc2C1. The highest BCUT2D eigenvalue weighted by atomic mass is 35.5. The van der Waals surface area contributed by atoms with Gasteiger partial charge in [0, 0.05) is 41.4 Å². The van der Waals surface area contributed by atoms with Gasteiger partial charge in [-0.05, 0) is 41.6 Å². The topological polar surface area (TPSA) is 46.3 Å². The summed E-state index contributed by atoms with van der Waals surface area (Å²) in [4.78, 5) is 20.1. The number of carbonyl (C=O) groups is 1. The Labute approximate surface area is 165 Å². The van der Waals surface area contributed by atoms with Crippen LogP contribution in [0, 0.1) is 0 Å². The molecule has 0 bridgehead atoms. The first kappa shape index (κ1) is 17.6. The van der Waals surface area contributed by atoms with E-state index in [1.165, 1.54) is 10.4 Å². The van der Waals surface area contributed by atoms with Crippen LogP contribution < -0.4 is 0 Å². The summed E-state index contributed by atoms with van der Waals surface area (Å²) in [5.74, 6) is 1.24. The van der Waals surface area contributed by atoms with Gasteiger partial charge in [-0.1, -0.05) is 23.2 Å². The molecule has 0 N–H and O–H groups in total. The third-order valence-corrected chi connectivity index (χ3v) is 6.03. The van der Waals surface area contributed by atoms with E-state index in [1.54, 1.807) is 35.7 Å². The first-order chi connectivity index (χ1) is 12.6. The molecule has 134 valence electrons. The average molecular weight is 407 g/mol. The van der Waals surface area contributed by atoms with Crippen molar-refractivity contribution in [3.05, 3.63) is 62.2 Å². The van der Waals surface area contributed by atoms with Gasteiger partial charge in [-0.15, -0.1) is 11.3 Å². The number of rotatable bonds is 4. The van der Waals surface area contributed by atoms with Crippen LogP contribution >= 0.6 is 34.5 Å². The molecule has 0 saturated heterocycles. The average Bonchev–Trinajstić information content (AvgIpc) is 3.28. The second kappa shape index (κ2) is 7.43. The Morgan fingerprint density at radius 3 is 3.04 bits per heavy atom. The molecule has 2 aromatic heterocycles. The van der Waals surface area contributed by atoms with Crippen LogP contribution in [0.3, 0.4) is 0 Å². The molecule has 0 unspecified atom stereocenters. The molecule has 4 rings (SSSR count). The molecule has 1 aliphatic rings. The Kier molecular flexibility index (Phi) is 5.02. The first-order valence-corrected chi connectivity index (χ1v) is 9.97. The van der Waals surface area contributed by atoms with Crippen molar-refractivity contribution >= 4 is 40.4 Å². The monoisotopic (exact) mass is 406 g/mol. The maximum Gasteiger partial charge on any atom is 0.223 e. The molecule has 0 atom stereocenters. The molecular formula is C19H16Cl2N2O2S. The van der Waals surface area contributed by atoms with Crippen LogP contribution in [0.15, 0.2) is 40.3 Å². The van der Waals surface area contributed by atoms with Crippen LogP contribution in [0.1, 0.15) is 22.8 Å². The molecule has 0 spiro atoms.